The molecule has 0 radical (unpaired) electrons. The predicted molar refractivity (Wildman–Crippen MR) is 82.9 cm³/mol. The normalized spacial score (nSPS) is 19.7. The van der Waals surface area contributed by atoms with Crippen LogP contribution in [0.1, 0.15) is 50.8 Å². The van der Waals surface area contributed by atoms with Gasteiger partial charge in [-0.05, 0) is 50.6 Å². The van der Waals surface area contributed by atoms with E-state index in [9.17, 15) is 0 Å². The van der Waals surface area contributed by atoms with Crippen LogP contribution in [0, 0.1) is 0 Å². The van der Waals surface area contributed by atoms with Crippen molar-refractivity contribution in [1.29, 1.82) is 0 Å². The minimum absolute atomic E-state index is 0.0773. The van der Waals surface area contributed by atoms with Crippen LogP contribution in [0.15, 0.2) is 17.5 Å². The summed E-state index contributed by atoms with van der Waals surface area (Å²) in [6.07, 6.45) is 7.35. The third-order valence-corrected chi connectivity index (χ3v) is 5.04. The van der Waals surface area contributed by atoms with Crippen LogP contribution in [-0.4, -0.2) is 24.8 Å². The Morgan fingerprint density at radius 1 is 1.37 bits per heavy atom. The lowest BCUT2D eigenvalue weighted by atomic mass is 9.89. The molecule has 0 aromatic carbocycles. The minimum Gasteiger partial charge on any atom is -0.374 e. The molecule has 1 unspecified atom stereocenters. The molecule has 0 saturated heterocycles. The molecular weight excluding hydrogens is 254 g/mol. The molecule has 0 aliphatic heterocycles. The van der Waals surface area contributed by atoms with Gasteiger partial charge in [-0.2, -0.15) is 0 Å². The molecule has 0 bridgehead atoms. The molecule has 1 aromatic heterocycles. The van der Waals surface area contributed by atoms with Crippen molar-refractivity contribution in [2.24, 2.45) is 0 Å². The topological polar surface area (TPSA) is 21.3 Å². The maximum Gasteiger partial charge on any atom is 0.0838 e. The molecule has 1 N–H and O–H groups in total. The quantitative estimate of drug-likeness (QED) is 0.777. The average molecular weight is 281 g/mol. The van der Waals surface area contributed by atoms with Gasteiger partial charge in [-0.1, -0.05) is 25.8 Å². The lowest BCUT2D eigenvalue weighted by Gasteiger charge is -2.38. The van der Waals surface area contributed by atoms with Crippen LogP contribution in [0.3, 0.4) is 0 Å². The third-order valence-electron chi connectivity index (χ3n) is 4.14. The Kier molecular flexibility index (Phi) is 5.86. The highest BCUT2D eigenvalue weighted by Crippen LogP contribution is 2.37. The molecule has 1 aliphatic carbocycles. The SMILES string of the molecule is CCCNC(Cc1cccs1)C1(OCC)CCCC1. The lowest BCUT2D eigenvalue weighted by Crippen LogP contribution is -2.52. The number of hydrogen-bond acceptors (Lipinski definition) is 3. The van der Waals surface area contributed by atoms with Gasteiger partial charge in [-0.15, -0.1) is 11.3 Å². The highest BCUT2D eigenvalue weighted by molar-refractivity contribution is 7.09. The molecule has 2 rings (SSSR count). The molecule has 1 aliphatic rings. The average Bonchev–Trinajstić information content (AvgIpc) is 3.06. The zero-order valence-corrected chi connectivity index (χ0v) is 13.1. The second-order valence-electron chi connectivity index (χ2n) is 5.50. The molecule has 2 nitrogen and oxygen atoms in total. The second-order valence-corrected chi connectivity index (χ2v) is 6.53. The second kappa shape index (κ2) is 7.41. The summed E-state index contributed by atoms with van der Waals surface area (Å²) in [5.74, 6) is 0. The molecular formula is C16H27NOS. The van der Waals surface area contributed by atoms with Crippen LogP contribution in [-0.2, 0) is 11.2 Å². The first-order chi connectivity index (χ1) is 9.30. The van der Waals surface area contributed by atoms with Crippen molar-refractivity contribution in [1.82, 2.24) is 5.32 Å². The van der Waals surface area contributed by atoms with Gasteiger partial charge in [0, 0.05) is 17.5 Å². The van der Waals surface area contributed by atoms with Crippen LogP contribution in [0.5, 0.6) is 0 Å². The number of hydrogen-bond donors (Lipinski definition) is 1. The fraction of sp³-hybridized carbons (Fsp3) is 0.750. The summed E-state index contributed by atoms with van der Waals surface area (Å²) < 4.78 is 6.24. The van der Waals surface area contributed by atoms with E-state index in [0.717, 1.165) is 19.6 Å². The summed E-state index contributed by atoms with van der Waals surface area (Å²) in [5.41, 5.74) is 0.0773. The molecule has 108 valence electrons. The van der Waals surface area contributed by atoms with Gasteiger partial charge in [0.2, 0.25) is 0 Å². The van der Waals surface area contributed by atoms with E-state index in [1.165, 1.54) is 37.0 Å². The summed E-state index contributed by atoms with van der Waals surface area (Å²) in [7, 11) is 0. The Hall–Kier alpha value is -0.380. The van der Waals surface area contributed by atoms with E-state index in [1.54, 1.807) is 0 Å². The molecule has 1 aromatic rings. The Bertz CT molecular complexity index is 344. The first-order valence-electron chi connectivity index (χ1n) is 7.70. The van der Waals surface area contributed by atoms with Gasteiger partial charge in [-0.25, -0.2) is 0 Å². The van der Waals surface area contributed by atoms with Crippen LogP contribution >= 0.6 is 11.3 Å². The van der Waals surface area contributed by atoms with Crippen LogP contribution in [0.25, 0.3) is 0 Å². The zero-order valence-electron chi connectivity index (χ0n) is 12.3. The lowest BCUT2D eigenvalue weighted by molar-refractivity contribution is -0.0610. The fourth-order valence-corrected chi connectivity index (χ4v) is 4.00. The number of rotatable bonds is 8. The van der Waals surface area contributed by atoms with E-state index in [1.807, 2.05) is 11.3 Å². The van der Waals surface area contributed by atoms with Crippen LogP contribution < -0.4 is 5.32 Å². The molecule has 3 heteroatoms. The van der Waals surface area contributed by atoms with Crippen molar-refractivity contribution < 1.29 is 4.74 Å². The van der Waals surface area contributed by atoms with Gasteiger partial charge >= 0.3 is 0 Å². The van der Waals surface area contributed by atoms with Crippen molar-refractivity contribution in [2.45, 2.75) is 64.0 Å². The van der Waals surface area contributed by atoms with Gasteiger partial charge in [0.25, 0.3) is 0 Å². The number of ether oxygens (including phenoxy) is 1. The highest BCUT2D eigenvalue weighted by atomic mass is 32.1. The summed E-state index contributed by atoms with van der Waals surface area (Å²) in [6, 6.07) is 4.87. The first-order valence-corrected chi connectivity index (χ1v) is 8.58. The Morgan fingerprint density at radius 2 is 2.16 bits per heavy atom. The molecule has 1 fully saturated rings. The van der Waals surface area contributed by atoms with Crippen LogP contribution in [0.4, 0.5) is 0 Å². The van der Waals surface area contributed by atoms with Crippen molar-refractivity contribution in [3.63, 3.8) is 0 Å². The van der Waals surface area contributed by atoms with E-state index in [4.69, 9.17) is 4.74 Å². The molecule has 1 heterocycles. The maximum atomic E-state index is 6.24. The van der Waals surface area contributed by atoms with Crippen molar-refractivity contribution in [2.75, 3.05) is 13.2 Å². The predicted octanol–water partition coefficient (Wildman–Crippen LogP) is 4.01. The van der Waals surface area contributed by atoms with Gasteiger partial charge in [-0.3, -0.25) is 0 Å². The highest BCUT2D eigenvalue weighted by Gasteiger charge is 2.41. The van der Waals surface area contributed by atoms with Crippen molar-refractivity contribution >= 4 is 11.3 Å². The van der Waals surface area contributed by atoms with E-state index in [0.29, 0.717) is 6.04 Å². The van der Waals surface area contributed by atoms with Gasteiger partial charge in [0.15, 0.2) is 0 Å². The van der Waals surface area contributed by atoms with Crippen molar-refractivity contribution in [3.05, 3.63) is 22.4 Å². The van der Waals surface area contributed by atoms with Crippen LogP contribution in [0.2, 0.25) is 0 Å². The summed E-state index contributed by atoms with van der Waals surface area (Å²) in [4.78, 5) is 1.47. The molecule has 19 heavy (non-hydrogen) atoms. The molecule has 0 spiro atoms. The smallest absolute Gasteiger partial charge is 0.0838 e. The third kappa shape index (κ3) is 3.80. The Morgan fingerprint density at radius 3 is 2.74 bits per heavy atom. The van der Waals surface area contributed by atoms with E-state index in [-0.39, 0.29) is 5.60 Å². The van der Waals surface area contributed by atoms with Gasteiger partial charge in [0.1, 0.15) is 0 Å². The number of thiophene rings is 1. The summed E-state index contributed by atoms with van der Waals surface area (Å²) in [5, 5.41) is 5.93. The van der Waals surface area contributed by atoms with E-state index < -0.39 is 0 Å². The Labute approximate surface area is 121 Å². The zero-order chi connectivity index (χ0) is 13.6. The molecule has 1 atom stereocenters. The largest absolute Gasteiger partial charge is 0.374 e. The standard InChI is InChI=1S/C16H27NOS/c1-3-11-17-15(13-14-8-7-12-19-14)16(18-4-2)9-5-6-10-16/h7-8,12,15,17H,3-6,9-11,13H2,1-2H3. The summed E-state index contributed by atoms with van der Waals surface area (Å²) >= 11 is 1.86. The van der Waals surface area contributed by atoms with Gasteiger partial charge in [0.05, 0.1) is 5.60 Å². The van der Waals surface area contributed by atoms with Crippen molar-refractivity contribution in [3.8, 4) is 0 Å². The van der Waals surface area contributed by atoms with E-state index >= 15 is 0 Å². The number of nitrogens with one attached hydrogen (secondary N) is 1. The minimum atomic E-state index is 0.0773. The molecule has 1 saturated carbocycles. The monoisotopic (exact) mass is 281 g/mol. The van der Waals surface area contributed by atoms with Gasteiger partial charge < -0.3 is 10.1 Å². The molecule has 0 amide bonds. The maximum absolute atomic E-state index is 6.24. The van der Waals surface area contributed by atoms with E-state index in [2.05, 4.69) is 36.7 Å². The first kappa shape index (κ1) is 15.0. The fourth-order valence-electron chi connectivity index (χ4n) is 3.25. The Balaban J connectivity index is 2.09. The summed E-state index contributed by atoms with van der Waals surface area (Å²) in [6.45, 7) is 6.28.